The van der Waals surface area contributed by atoms with Crippen LogP contribution in [-0.2, 0) is 6.42 Å². The van der Waals surface area contributed by atoms with Crippen LogP contribution in [0, 0.1) is 12.3 Å². The fraction of sp³-hybridized carbons (Fsp3) is 0.556. The molecule has 0 amide bonds. The van der Waals surface area contributed by atoms with Crippen molar-refractivity contribution >= 4 is 28.6 Å². The second-order valence-corrected chi connectivity index (χ2v) is 9.31. The van der Waals surface area contributed by atoms with Crippen molar-refractivity contribution in [2.24, 2.45) is 10.4 Å². The third-order valence-corrected chi connectivity index (χ3v) is 6.32. The van der Waals surface area contributed by atoms with Crippen LogP contribution in [0.25, 0.3) is 10.6 Å². The van der Waals surface area contributed by atoms with Crippen molar-refractivity contribution < 1.29 is 0 Å². The number of hydrogen-bond donors (Lipinski definition) is 1. The van der Waals surface area contributed by atoms with Crippen molar-refractivity contribution in [1.82, 2.24) is 15.2 Å². The average molecular weight is 363 g/mol. The van der Waals surface area contributed by atoms with Gasteiger partial charge in [-0.1, -0.05) is 13.8 Å². The Bertz CT molecular complexity index is 714. The summed E-state index contributed by atoms with van der Waals surface area (Å²) in [6.07, 6.45) is 2.25. The molecule has 0 spiro atoms. The first-order valence-corrected chi connectivity index (χ1v) is 10.1. The van der Waals surface area contributed by atoms with Gasteiger partial charge in [0.05, 0.1) is 15.6 Å². The van der Waals surface area contributed by atoms with Gasteiger partial charge in [-0.3, -0.25) is 4.99 Å². The summed E-state index contributed by atoms with van der Waals surface area (Å²) >= 11 is 3.55. The van der Waals surface area contributed by atoms with E-state index in [1.165, 1.54) is 16.2 Å². The molecule has 24 heavy (non-hydrogen) atoms. The molecule has 3 heterocycles. The molecule has 4 nitrogen and oxygen atoms in total. The summed E-state index contributed by atoms with van der Waals surface area (Å²) < 4.78 is 0. The summed E-state index contributed by atoms with van der Waals surface area (Å²) in [4.78, 5) is 14.0. The first-order chi connectivity index (χ1) is 11.5. The van der Waals surface area contributed by atoms with Gasteiger partial charge in [-0.25, -0.2) is 4.98 Å². The van der Waals surface area contributed by atoms with Crippen LogP contribution in [0.2, 0.25) is 0 Å². The zero-order valence-electron chi connectivity index (χ0n) is 14.9. The van der Waals surface area contributed by atoms with Crippen molar-refractivity contribution in [3.05, 3.63) is 27.4 Å². The zero-order valence-corrected chi connectivity index (χ0v) is 16.6. The second-order valence-electron chi connectivity index (χ2n) is 7.08. The SMILES string of the molecule is CN=C(NCCc1ccc(-c2csc(C)n2)s1)N1CCC(C)(C)C1. The quantitative estimate of drug-likeness (QED) is 0.659. The van der Waals surface area contributed by atoms with Crippen LogP contribution in [0.5, 0.6) is 0 Å². The highest BCUT2D eigenvalue weighted by atomic mass is 32.1. The molecule has 0 aliphatic carbocycles. The lowest BCUT2D eigenvalue weighted by Crippen LogP contribution is -2.41. The van der Waals surface area contributed by atoms with Crippen molar-refractivity contribution in [2.45, 2.75) is 33.6 Å². The van der Waals surface area contributed by atoms with Crippen molar-refractivity contribution in [3.8, 4) is 10.6 Å². The Kier molecular flexibility index (Phi) is 5.25. The maximum Gasteiger partial charge on any atom is 0.193 e. The minimum Gasteiger partial charge on any atom is -0.356 e. The fourth-order valence-electron chi connectivity index (χ4n) is 3.05. The third kappa shape index (κ3) is 4.16. The minimum absolute atomic E-state index is 0.395. The lowest BCUT2D eigenvalue weighted by atomic mass is 9.93. The molecule has 1 fully saturated rings. The normalized spacial score (nSPS) is 17.5. The summed E-state index contributed by atoms with van der Waals surface area (Å²) in [7, 11) is 1.88. The molecule has 0 radical (unpaired) electrons. The first-order valence-electron chi connectivity index (χ1n) is 8.44. The summed E-state index contributed by atoms with van der Waals surface area (Å²) in [6.45, 7) is 9.80. The van der Waals surface area contributed by atoms with Gasteiger partial charge in [-0.2, -0.15) is 0 Å². The molecule has 0 aromatic carbocycles. The van der Waals surface area contributed by atoms with E-state index in [1.54, 1.807) is 11.3 Å². The molecule has 0 saturated carbocycles. The van der Waals surface area contributed by atoms with Crippen molar-refractivity contribution in [3.63, 3.8) is 0 Å². The number of nitrogens with zero attached hydrogens (tertiary/aromatic N) is 3. The van der Waals surface area contributed by atoms with Gasteiger partial charge in [0.2, 0.25) is 0 Å². The van der Waals surface area contributed by atoms with E-state index in [4.69, 9.17) is 0 Å². The van der Waals surface area contributed by atoms with E-state index < -0.39 is 0 Å². The summed E-state index contributed by atoms with van der Waals surface area (Å²) in [5, 5.41) is 6.78. The Morgan fingerprint density at radius 2 is 2.25 bits per heavy atom. The Morgan fingerprint density at radius 3 is 2.88 bits per heavy atom. The van der Waals surface area contributed by atoms with Crippen LogP contribution in [-0.4, -0.2) is 42.5 Å². The van der Waals surface area contributed by atoms with Crippen LogP contribution in [0.1, 0.15) is 30.2 Å². The molecule has 0 unspecified atom stereocenters. The van der Waals surface area contributed by atoms with E-state index >= 15 is 0 Å². The van der Waals surface area contributed by atoms with Crippen LogP contribution >= 0.6 is 22.7 Å². The summed E-state index contributed by atoms with van der Waals surface area (Å²) in [5.74, 6) is 1.03. The van der Waals surface area contributed by atoms with Gasteiger partial charge < -0.3 is 10.2 Å². The van der Waals surface area contributed by atoms with Crippen molar-refractivity contribution in [2.75, 3.05) is 26.7 Å². The third-order valence-electron chi connectivity index (χ3n) is 4.38. The standard InChI is InChI=1S/C18H26N4S2/c1-13-21-15(11-23-13)16-6-5-14(24-16)7-9-20-17(19-4)22-10-8-18(2,3)12-22/h5-6,11H,7-10,12H2,1-4H3,(H,19,20). The number of thiophene rings is 1. The molecule has 130 valence electrons. The highest BCUT2D eigenvalue weighted by molar-refractivity contribution is 7.16. The largest absolute Gasteiger partial charge is 0.356 e. The van der Waals surface area contributed by atoms with E-state index in [1.807, 2.05) is 18.4 Å². The number of likely N-dealkylation sites (tertiary alicyclic amines) is 1. The number of aromatic nitrogens is 1. The number of aryl methyl sites for hydroxylation is 1. The molecule has 6 heteroatoms. The number of aliphatic imine (C=N–C) groups is 1. The lowest BCUT2D eigenvalue weighted by molar-refractivity contribution is 0.370. The van der Waals surface area contributed by atoms with Crippen LogP contribution in [0.3, 0.4) is 0 Å². The van der Waals surface area contributed by atoms with Gasteiger partial charge in [0, 0.05) is 36.9 Å². The molecule has 0 bridgehead atoms. The number of nitrogens with one attached hydrogen (secondary N) is 1. The molecule has 2 aromatic rings. The van der Waals surface area contributed by atoms with Gasteiger partial charge in [0.15, 0.2) is 5.96 Å². The molecule has 1 aliphatic heterocycles. The minimum atomic E-state index is 0.395. The molecule has 1 saturated heterocycles. The van der Waals surface area contributed by atoms with E-state index in [2.05, 4.69) is 58.5 Å². The molecular weight excluding hydrogens is 336 g/mol. The molecule has 1 aliphatic rings. The molecular formula is C18H26N4S2. The molecule has 1 N–H and O–H groups in total. The van der Waals surface area contributed by atoms with Gasteiger partial charge >= 0.3 is 0 Å². The van der Waals surface area contributed by atoms with Crippen molar-refractivity contribution in [1.29, 1.82) is 0 Å². The Morgan fingerprint density at radius 1 is 1.42 bits per heavy atom. The van der Waals surface area contributed by atoms with E-state index in [0.717, 1.165) is 42.7 Å². The number of thiazole rings is 1. The molecule has 2 aromatic heterocycles. The summed E-state index contributed by atoms with van der Waals surface area (Å²) in [6, 6.07) is 4.41. The number of rotatable bonds is 4. The fourth-order valence-corrected chi connectivity index (χ4v) is 4.70. The van der Waals surface area contributed by atoms with E-state index in [-0.39, 0.29) is 0 Å². The average Bonchev–Trinajstić information content (AvgIpc) is 3.24. The van der Waals surface area contributed by atoms with Crippen LogP contribution in [0.15, 0.2) is 22.5 Å². The maximum atomic E-state index is 4.57. The second kappa shape index (κ2) is 7.23. The van der Waals surface area contributed by atoms with Gasteiger partial charge in [0.1, 0.15) is 0 Å². The Labute approximate surface area is 152 Å². The lowest BCUT2D eigenvalue weighted by Gasteiger charge is -2.23. The van der Waals surface area contributed by atoms with E-state index in [9.17, 15) is 0 Å². The topological polar surface area (TPSA) is 40.5 Å². The number of guanidine groups is 1. The molecule has 0 atom stereocenters. The maximum absolute atomic E-state index is 4.57. The monoisotopic (exact) mass is 362 g/mol. The smallest absolute Gasteiger partial charge is 0.193 e. The predicted molar refractivity (Wildman–Crippen MR) is 105 cm³/mol. The predicted octanol–water partition coefficient (Wildman–Crippen LogP) is 4.03. The Balaban J connectivity index is 1.52. The number of hydrogen-bond acceptors (Lipinski definition) is 4. The summed E-state index contributed by atoms with van der Waals surface area (Å²) in [5.41, 5.74) is 1.50. The Hall–Kier alpha value is -1.40. The van der Waals surface area contributed by atoms with Gasteiger partial charge in [0.25, 0.3) is 0 Å². The van der Waals surface area contributed by atoms with E-state index in [0.29, 0.717) is 5.41 Å². The van der Waals surface area contributed by atoms with Crippen LogP contribution < -0.4 is 5.32 Å². The highest BCUT2D eigenvalue weighted by Crippen LogP contribution is 2.30. The first kappa shape index (κ1) is 17.4. The molecule has 3 rings (SSSR count). The zero-order chi connectivity index (χ0) is 17.2. The highest BCUT2D eigenvalue weighted by Gasteiger charge is 2.30. The van der Waals surface area contributed by atoms with Crippen LogP contribution in [0.4, 0.5) is 0 Å². The van der Waals surface area contributed by atoms with Gasteiger partial charge in [-0.15, -0.1) is 22.7 Å². The van der Waals surface area contributed by atoms with Gasteiger partial charge in [-0.05, 0) is 37.3 Å².